The summed E-state index contributed by atoms with van der Waals surface area (Å²) in [6.07, 6.45) is 5.83. The predicted octanol–water partition coefficient (Wildman–Crippen LogP) is 4.94. The lowest BCUT2D eigenvalue weighted by Gasteiger charge is -2.29. The molecule has 252 valence electrons. The third kappa shape index (κ3) is 9.01. The van der Waals surface area contributed by atoms with E-state index in [2.05, 4.69) is 55.1 Å². The standard InChI is InChI=1S/C36H41FN6O4S/c37-27-20-31(34(45)40-28-10-12-29(13-11-28)41-35(46)32-23-48-33(22-44)42-32)36(39-21-27)47-30-5-1-4-26(19-30)25-8-6-24(7-9-25)3-2-16-43-17-14-38-15-18-43/h1,4-9,19-21,23,28-29,38,44H,2-3,10-18,22H2,(H,40,45)(H,41,46)/t28-,29+. The van der Waals surface area contributed by atoms with Gasteiger partial charge in [0.2, 0.25) is 5.88 Å². The van der Waals surface area contributed by atoms with Gasteiger partial charge < -0.3 is 30.7 Å². The Bertz CT molecular complexity index is 1690. The highest BCUT2D eigenvalue weighted by molar-refractivity contribution is 7.09. The van der Waals surface area contributed by atoms with E-state index in [-0.39, 0.29) is 36.0 Å². The van der Waals surface area contributed by atoms with Crippen LogP contribution in [0.25, 0.3) is 11.1 Å². The maximum atomic E-state index is 14.3. The number of thiazole rings is 1. The highest BCUT2D eigenvalue weighted by atomic mass is 32.1. The minimum Gasteiger partial charge on any atom is -0.438 e. The largest absolute Gasteiger partial charge is 0.438 e. The molecule has 2 amide bonds. The van der Waals surface area contributed by atoms with Crippen molar-refractivity contribution in [2.24, 2.45) is 0 Å². The Balaban J connectivity index is 1.03. The number of nitrogens with one attached hydrogen (secondary N) is 3. The van der Waals surface area contributed by atoms with Gasteiger partial charge in [-0.25, -0.2) is 14.4 Å². The van der Waals surface area contributed by atoms with Crippen molar-refractivity contribution >= 4 is 23.2 Å². The molecular weight excluding hydrogens is 631 g/mol. The van der Waals surface area contributed by atoms with E-state index in [1.807, 2.05) is 18.2 Å². The fourth-order valence-electron chi connectivity index (χ4n) is 6.22. The molecule has 0 radical (unpaired) electrons. The zero-order valence-electron chi connectivity index (χ0n) is 26.8. The first-order valence-electron chi connectivity index (χ1n) is 16.6. The number of nitrogens with zero attached hydrogens (tertiary/aromatic N) is 3. The molecule has 0 bridgehead atoms. The maximum Gasteiger partial charge on any atom is 0.270 e. The molecule has 10 nitrogen and oxygen atoms in total. The normalized spacial score (nSPS) is 18.3. The monoisotopic (exact) mass is 672 g/mol. The molecule has 0 spiro atoms. The number of aryl methyl sites for hydroxylation is 1. The van der Waals surface area contributed by atoms with Crippen molar-refractivity contribution < 1.29 is 23.8 Å². The second kappa shape index (κ2) is 16.2. The van der Waals surface area contributed by atoms with Crippen LogP contribution in [0.15, 0.2) is 66.2 Å². The number of carbonyl (C=O) groups excluding carboxylic acids is 2. The molecule has 6 rings (SSSR count). The van der Waals surface area contributed by atoms with Gasteiger partial charge >= 0.3 is 0 Å². The number of carbonyl (C=O) groups is 2. The number of benzene rings is 2. The third-order valence-corrected chi connectivity index (χ3v) is 9.70. The van der Waals surface area contributed by atoms with Crippen molar-refractivity contribution in [2.75, 3.05) is 32.7 Å². The average Bonchev–Trinajstić information content (AvgIpc) is 3.61. The lowest BCUT2D eigenvalue weighted by molar-refractivity contribution is 0.0887. The Morgan fingerprint density at radius 1 is 0.979 bits per heavy atom. The van der Waals surface area contributed by atoms with E-state index in [0.717, 1.165) is 69.0 Å². The number of pyridine rings is 1. The van der Waals surface area contributed by atoms with E-state index in [4.69, 9.17) is 4.74 Å². The van der Waals surface area contributed by atoms with Crippen molar-refractivity contribution in [2.45, 2.75) is 57.2 Å². The summed E-state index contributed by atoms with van der Waals surface area (Å²) >= 11 is 1.24. The van der Waals surface area contributed by atoms with E-state index in [9.17, 15) is 19.1 Å². The summed E-state index contributed by atoms with van der Waals surface area (Å²) in [5.74, 6) is -0.858. The number of hydrogen-bond acceptors (Lipinski definition) is 9. The predicted molar refractivity (Wildman–Crippen MR) is 183 cm³/mol. The van der Waals surface area contributed by atoms with Crippen LogP contribution in [-0.2, 0) is 13.0 Å². The minimum absolute atomic E-state index is 0.0178. The van der Waals surface area contributed by atoms with Crippen molar-refractivity contribution in [3.63, 3.8) is 0 Å². The summed E-state index contributed by atoms with van der Waals surface area (Å²) in [4.78, 5) is 36.6. The first-order valence-corrected chi connectivity index (χ1v) is 17.4. The van der Waals surface area contributed by atoms with Crippen LogP contribution in [0, 0.1) is 5.82 Å². The Labute approximate surface area is 283 Å². The van der Waals surface area contributed by atoms with Gasteiger partial charge in [0.15, 0.2) is 0 Å². The molecule has 3 heterocycles. The molecule has 1 saturated heterocycles. The van der Waals surface area contributed by atoms with E-state index in [1.54, 1.807) is 11.4 Å². The lowest BCUT2D eigenvalue weighted by atomic mass is 9.91. The SMILES string of the molecule is O=C(N[C@H]1CC[C@@H](NC(=O)c2cc(F)cnc2Oc2cccc(-c3ccc(CCCN4CCNCC4)cc3)c2)CC1)c1csc(CO)n1. The summed E-state index contributed by atoms with van der Waals surface area (Å²) in [6.45, 7) is 5.28. The Morgan fingerprint density at radius 2 is 1.71 bits per heavy atom. The van der Waals surface area contributed by atoms with Crippen LogP contribution in [0.1, 0.15) is 63.5 Å². The van der Waals surface area contributed by atoms with Crippen molar-refractivity contribution in [3.05, 3.63) is 93.8 Å². The van der Waals surface area contributed by atoms with Gasteiger partial charge in [-0.2, -0.15) is 0 Å². The van der Waals surface area contributed by atoms with Crippen LogP contribution in [0.4, 0.5) is 4.39 Å². The summed E-state index contributed by atoms with van der Waals surface area (Å²) in [5, 5.41) is 20.7. The number of piperazine rings is 1. The second-order valence-corrected chi connectivity index (χ2v) is 13.3. The van der Waals surface area contributed by atoms with Crippen molar-refractivity contribution in [3.8, 4) is 22.8 Å². The van der Waals surface area contributed by atoms with Crippen LogP contribution in [0.3, 0.4) is 0 Å². The Kier molecular flexibility index (Phi) is 11.4. The van der Waals surface area contributed by atoms with Crippen LogP contribution in [-0.4, -0.2) is 76.6 Å². The number of aromatic nitrogens is 2. The summed E-state index contributed by atoms with van der Waals surface area (Å²) in [5.41, 5.74) is 3.62. The molecule has 2 fully saturated rings. The zero-order valence-corrected chi connectivity index (χ0v) is 27.6. The van der Waals surface area contributed by atoms with Crippen LogP contribution in [0.2, 0.25) is 0 Å². The fourth-order valence-corrected chi connectivity index (χ4v) is 6.85. The van der Waals surface area contributed by atoms with Crippen molar-refractivity contribution in [1.29, 1.82) is 0 Å². The molecule has 48 heavy (non-hydrogen) atoms. The van der Waals surface area contributed by atoms with Crippen LogP contribution >= 0.6 is 11.3 Å². The minimum atomic E-state index is -0.632. The lowest BCUT2D eigenvalue weighted by Crippen LogP contribution is -2.44. The van der Waals surface area contributed by atoms with Gasteiger partial charge in [0.25, 0.3) is 11.8 Å². The maximum absolute atomic E-state index is 14.3. The molecule has 12 heteroatoms. The van der Waals surface area contributed by atoms with Gasteiger partial charge in [-0.15, -0.1) is 11.3 Å². The highest BCUT2D eigenvalue weighted by Gasteiger charge is 2.26. The van der Waals surface area contributed by atoms with E-state index in [0.29, 0.717) is 42.1 Å². The Hall–Kier alpha value is -4.23. The highest BCUT2D eigenvalue weighted by Crippen LogP contribution is 2.29. The number of rotatable bonds is 12. The molecule has 1 saturated carbocycles. The molecule has 2 aromatic carbocycles. The number of aliphatic hydroxyl groups is 1. The molecule has 1 aliphatic carbocycles. The van der Waals surface area contributed by atoms with Gasteiger partial charge in [0.05, 0.1) is 12.8 Å². The number of amides is 2. The first-order chi connectivity index (χ1) is 23.4. The zero-order chi connectivity index (χ0) is 33.3. The van der Waals surface area contributed by atoms with Crippen LogP contribution < -0.4 is 20.7 Å². The van der Waals surface area contributed by atoms with Crippen molar-refractivity contribution in [1.82, 2.24) is 30.8 Å². The molecule has 4 aromatic rings. The molecule has 2 aliphatic rings. The second-order valence-electron chi connectivity index (χ2n) is 12.3. The summed E-state index contributed by atoms with van der Waals surface area (Å²) in [6, 6.07) is 17.1. The molecule has 1 aliphatic heterocycles. The first kappa shape index (κ1) is 33.7. The molecule has 0 atom stereocenters. The van der Waals surface area contributed by atoms with Gasteiger partial charge in [-0.05, 0) is 80.0 Å². The Morgan fingerprint density at radius 3 is 2.42 bits per heavy atom. The smallest absolute Gasteiger partial charge is 0.270 e. The average molecular weight is 673 g/mol. The van der Waals surface area contributed by atoms with Gasteiger partial charge in [-0.3, -0.25) is 9.59 Å². The van der Waals surface area contributed by atoms with E-state index in [1.165, 1.54) is 16.9 Å². The number of halogens is 1. The molecular formula is C36H41FN6O4S. The fraction of sp³-hybridized carbons (Fsp3) is 0.389. The van der Waals surface area contributed by atoms with Gasteiger partial charge in [0, 0.05) is 43.6 Å². The van der Waals surface area contributed by atoms with Gasteiger partial charge in [0.1, 0.15) is 27.8 Å². The molecule has 2 aromatic heterocycles. The third-order valence-electron chi connectivity index (χ3n) is 8.86. The molecule has 0 unspecified atom stereocenters. The molecule has 4 N–H and O–H groups in total. The van der Waals surface area contributed by atoms with E-state index < -0.39 is 11.7 Å². The topological polar surface area (TPSA) is 129 Å². The van der Waals surface area contributed by atoms with Gasteiger partial charge in [-0.1, -0.05) is 36.4 Å². The number of aliphatic hydroxyl groups excluding tert-OH is 1. The quantitative estimate of drug-likeness (QED) is 0.167. The number of ether oxygens (including phenoxy) is 1. The summed E-state index contributed by atoms with van der Waals surface area (Å²) < 4.78 is 20.4. The summed E-state index contributed by atoms with van der Waals surface area (Å²) in [7, 11) is 0. The van der Waals surface area contributed by atoms with Crippen LogP contribution in [0.5, 0.6) is 11.6 Å². The van der Waals surface area contributed by atoms with E-state index >= 15 is 0 Å². The number of hydrogen-bond donors (Lipinski definition) is 4.